The van der Waals surface area contributed by atoms with Crippen LogP contribution in [0.4, 0.5) is 0 Å². The summed E-state index contributed by atoms with van der Waals surface area (Å²) in [4.78, 5) is 20.7. The average Bonchev–Trinajstić information content (AvgIpc) is 2.71. The third kappa shape index (κ3) is 4.84. The molecule has 2 aliphatic rings. The van der Waals surface area contributed by atoms with E-state index in [-0.39, 0.29) is 0 Å². The number of aliphatic carboxylic acids is 2. The van der Waals surface area contributed by atoms with Crippen molar-refractivity contribution in [1.29, 1.82) is 0 Å². The Morgan fingerprint density at radius 3 is 2.22 bits per heavy atom. The molecule has 2 saturated heterocycles. The zero-order valence-electron chi connectivity index (χ0n) is 12.8. The summed E-state index contributed by atoms with van der Waals surface area (Å²) >= 11 is 5.97. The van der Waals surface area contributed by atoms with E-state index in [1.807, 2.05) is 24.3 Å². The van der Waals surface area contributed by atoms with Gasteiger partial charge in [-0.1, -0.05) is 17.7 Å². The lowest BCUT2D eigenvalue weighted by Crippen LogP contribution is -2.43. The predicted molar refractivity (Wildman–Crippen MR) is 84.9 cm³/mol. The van der Waals surface area contributed by atoms with Gasteiger partial charge >= 0.3 is 11.9 Å². The molecule has 0 aliphatic carbocycles. The second-order valence-corrected chi connectivity index (χ2v) is 6.27. The highest BCUT2D eigenvalue weighted by molar-refractivity contribution is 6.30. The number of hydrogen-bond acceptors (Lipinski definition) is 4. The van der Waals surface area contributed by atoms with Crippen LogP contribution in [0.3, 0.4) is 0 Å². The van der Waals surface area contributed by atoms with Gasteiger partial charge < -0.3 is 19.8 Å². The van der Waals surface area contributed by atoms with Crippen molar-refractivity contribution in [1.82, 2.24) is 4.90 Å². The molecule has 0 amide bonds. The SMILES string of the molecule is CN1[C@@H]2CC[C@H]1C[C@H](Oc1cccc(Cl)c1)C2.O=C(O)C(=O)O. The highest BCUT2D eigenvalue weighted by Crippen LogP contribution is 2.36. The molecular formula is C16H20ClNO5. The van der Waals surface area contributed by atoms with E-state index >= 15 is 0 Å². The van der Waals surface area contributed by atoms with Gasteiger partial charge in [0.2, 0.25) is 0 Å². The lowest BCUT2D eigenvalue weighted by atomic mass is 10.0. The van der Waals surface area contributed by atoms with Crippen LogP contribution in [-0.4, -0.2) is 52.3 Å². The molecule has 2 bridgehead atoms. The summed E-state index contributed by atoms with van der Waals surface area (Å²) in [6.07, 6.45) is 5.33. The molecule has 0 saturated carbocycles. The Morgan fingerprint density at radius 1 is 1.17 bits per heavy atom. The molecule has 2 fully saturated rings. The number of carbonyl (C=O) groups is 2. The molecule has 0 spiro atoms. The zero-order valence-corrected chi connectivity index (χ0v) is 13.6. The van der Waals surface area contributed by atoms with Crippen LogP contribution in [0.25, 0.3) is 0 Å². The fraction of sp³-hybridized carbons (Fsp3) is 0.500. The molecule has 3 atom stereocenters. The fourth-order valence-corrected chi connectivity index (χ4v) is 3.37. The molecule has 2 aliphatic heterocycles. The van der Waals surface area contributed by atoms with Crippen LogP contribution in [0, 0.1) is 0 Å². The van der Waals surface area contributed by atoms with Crippen molar-refractivity contribution >= 4 is 23.5 Å². The van der Waals surface area contributed by atoms with Gasteiger partial charge in [-0.3, -0.25) is 0 Å². The smallest absolute Gasteiger partial charge is 0.414 e. The molecule has 3 rings (SSSR count). The average molecular weight is 342 g/mol. The van der Waals surface area contributed by atoms with Gasteiger partial charge in [0.25, 0.3) is 0 Å². The van der Waals surface area contributed by atoms with Crippen molar-refractivity contribution in [2.75, 3.05) is 7.05 Å². The molecule has 0 radical (unpaired) electrons. The summed E-state index contributed by atoms with van der Waals surface area (Å²) < 4.78 is 6.05. The van der Waals surface area contributed by atoms with Gasteiger partial charge in [-0.05, 0) is 50.9 Å². The van der Waals surface area contributed by atoms with E-state index in [2.05, 4.69) is 11.9 Å². The first-order chi connectivity index (χ1) is 10.9. The van der Waals surface area contributed by atoms with E-state index in [1.54, 1.807) is 0 Å². The number of fused-ring (bicyclic) bond motifs is 2. The second kappa shape index (κ2) is 7.66. The number of benzene rings is 1. The van der Waals surface area contributed by atoms with Gasteiger partial charge in [0.15, 0.2) is 0 Å². The summed E-state index contributed by atoms with van der Waals surface area (Å²) in [7, 11) is 2.25. The summed E-state index contributed by atoms with van der Waals surface area (Å²) in [5.74, 6) is -2.74. The van der Waals surface area contributed by atoms with Gasteiger partial charge in [0.05, 0.1) is 0 Å². The van der Waals surface area contributed by atoms with Crippen LogP contribution in [0.2, 0.25) is 5.02 Å². The number of hydrogen-bond donors (Lipinski definition) is 2. The van der Waals surface area contributed by atoms with Crippen LogP contribution in [0.15, 0.2) is 24.3 Å². The fourth-order valence-electron chi connectivity index (χ4n) is 3.19. The predicted octanol–water partition coefficient (Wildman–Crippen LogP) is 2.50. The molecule has 23 heavy (non-hydrogen) atoms. The van der Waals surface area contributed by atoms with Crippen molar-refractivity contribution in [3.05, 3.63) is 29.3 Å². The number of carboxylic acid groups (broad SMARTS) is 2. The second-order valence-electron chi connectivity index (χ2n) is 5.83. The normalized spacial score (nSPS) is 26.1. The van der Waals surface area contributed by atoms with Gasteiger partial charge in [-0.25, -0.2) is 9.59 Å². The minimum absolute atomic E-state index is 0.363. The number of halogens is 1. The van der Waals surface area contributed by atoms with Crippen molar-refractivity contribution in [2.45, 2.75) is 43.9 Å². The molecule has 7 heteroatoms. The molecule has 2 N–H and O–H groups in total. The van der Waals surface area contributed by atoms with E-state index in [9.17, 15) is 0 Å². The summed E-state index contributed by atoms with van der Waals surface area (Å²) in [5.41, 5.74) is 0. The Kier molecular flexibility index (Phi) is 5.85. The van der Waals surface area contributed by atoms with Crippen LogP contribution in [0.1, 0.15) is 25.7 Å². The Morgan fingerprint density at radius 2 is 1.74 bits per heavy atom. The number of ether oxygens (including phenoxy) is 1. The van der Waals surface area contributed by atoms with Gasteiger partial charge in [0.1, 0.15) is 11.9 Å². The van der Waals surface area contributed by atoms with Gasteiger partial charge in [-0.15, -0.1) is 0 Å². The number of carboxylic acids is 2. The molecule has 2 heterocycles. The molecule has 6 nitrogen and oxygen atoms in total. The lowest BCUT2D eigenvalue weighted by molar-refractivity contribution is -0.159. The summed E-state index contributed by atoms with van der Waals surface area (Å²) in [6, 6.07) is 9.16. The van der Waals surface area contributed by atoms with E-state index < -0.39 is 11.9 Å². The Bertz CT molecular complexity index is 553. The van der Waals surface area contributed by atoms with E-state index in [1.165, 1.54) is 12.8 Å². The first kappa shape index (κ1) is 17.6. The minimum atomic E-state index is -1.82. The topological polar surface area (TPSA) is 87.1 Å². The van der Waals surface area contributed by atoms with E-state index in [0.29, 0.717) is 6.10 Å². The summed E-state index contributed by atoms with van der Waals surface area (Å²) in [6.45, 7) is 0. The van der Waals surface area contributed by atoms with E-state index in [0.717, 1.165) is 35.7 Å². The summed E-state index contributed by atoms with van der Waals surface area (Å²) in [5, 5.41) is 15.5. The van der Waals surface area contributed by atoms with Crippen molar-refractivity contribution < 1.29 is 24.5 Å². The van der Waals surface area contributed by atoms with Gasteiger partial charge in [0, 0.05) is 17.1 Å². The molecule has 126 valence electrons. The maximum atomic E-state index is 9.10. The molecule has 1 aromatic rings. The van der Waals surface area contributed by atoms with Crippen LogP contribution < -0.4 is 4.74 Å². The molecule has 0 unspecified atom stereocenters. The first-order valence-corrected chi connectivity index (χ1v) is 7.85. The third-order valence-electron chi connectivity index (χ3n) is 4.34. The quantitative estimate of drug-likeness (QED) is 0.804. The molecule has 1 aromatic carbocycles. The monoisotopic (exact) mass is 341 g/mol. The van der Waals surface area contributed by atoms with Crippen LogP contribution in [-0.2, 0) is 9.59 Å². The number of piperidine rings is 1. The largest absolute Gasteiger partial charge is 0.490 e. The van der Waals surface area contributed by atoms with Crippen LogP contribution in [0.5, 0.6) is 5.75 Å². The van der Waals surface area contributed by atoms with E-state index in [4.69, 9.17) is 36.1 Å². The van der Waals surface area contributed by atoms with Crippen molar-refractivity contribution in [2.24, 2.45) is 0 Å². The molecule has 0 aromatic heterocycles. The maximum absolute atomic E-state index is 9.10. The Hall–Kier alpha value is -1.79. The number of nitrogens with zero attached hydrogens (tertiary/aromatic N) is 1. The maximum Gasteiger partial charge on any atom is 0.414 e. The van der Waals surface area contributed by atoms with Crippen LogP contribution >= 0.6 is 11.6 Å². The lowest BCUT2D eigenvalue weighted by Gasteiger charge is -2.36. The highest BCUT2D eigenvalue weighted by Gasteiger charge is 2.39. The van der Waals surface area contributed by atoms with Crippen molar-refractivity contribution in [3.8, 4) is 5.75 Å². The standard InChI is InChI=1S/C14H18ClNO.C2H2O4/c1-16-11-5-6-12(16)9-14(8-11)17-13-4-2-3-10(15)7-13;3-1(4)2(5)6/h2-4,7,11-12,14H,5-6,8-9H2,1H3;(H,3,4)(H,5,6)/t11-,12+,14-;. The third-order valence-corrected chi connectivity index (χ3v) is 4.57. The minimum Gasteiger partial charge on any atom is -0.490 e. The first-order valence-electron chi connectivity index (χ1n) is 7.47. The highest BCUT2D eigenvalue weighted by atomic mass is 35.5. The number of rotatable bonds is 2. The van der Waals surface area contributed by atoms with Gasteiger partial charge in [-0.2, -0.15) is 0 Å². The zero-order chi connectivity index (χ0) is 17.0. The molecular weight excluding hydrogens is 322 g/mol. The van der Waals surface area contributed by atoms with Crippen molar-refractivity contribution in [3.63, 3.8) is 0 Å². The Balaban J connectivity index is 0.000000277. The Labute approximate surface area is 139 Å².